The first-order valence-electron chi connectivity index (χ1n) is 9.30. The van der Waals surface area contributed by atoms with Gasteiger partial charge in [0, 0.05) is 13.3 Å². The maximum atomic E-state index is 12.5. The van der Waals surface area contributed by atoms with E-state index in [9.17, 15) is 19.5 Å². The zero-order valence-corrected chi connectivity index (χ0v) is 17.1. The normalized spacial score (nSPS) is 13.7. The summed E-state index contributed by atoms with van der Waals surface area (Å²) in [5, 5.41) is 14.7. The highest BCUT2D eigenvalue weighted by atomic mass is 16.4. The van der Waals surface area contributed by atoms with Crippen molar-refractivity contribution in [3.63, 3.8) is 0 Å². The predicted octanol–water partition coefficient (Wildman–Crippen LogP) is 2.65. The maximum Gasteiger partial charge on any atom is 0.326 e. The number of hydrogen-bond donors (Lipinski definition) is 3. The molecule has 0 unspecified atom stereocenters. The summed E-state index contributed by atoms with van der Waals surface area (Å²) >= 11 is 0. The van der Waals surface area contributed by atoms with Crippen LogP contribution in [0.4, 0.5) is 0 Å². The zero-order valence-electron chi connectivity index (χ0n) is 17.1. The van der Waals surface area contributed by atoms with Gasteiger partial charge in [0.25, 0.3) is 0 Å². The molecular weight excluding hydrogens is 344 g/mol. The average Bonchev–Trinajstić information content (AvgIpc) is 2.52. The second-order valence-electron chi connectivity index (χ2n) is 8.43. The van der Waals surface area contributed by atoms with Crippen LogP contribution >= 0.6 is 0 Å². The number of hydrogen-bond acceptors (Lipinski definition) is 3. The maximum absolute atomic E-state index is 12.5. The molecule has 0 bridgehead atoms. The van der Waals surface area contributed by atoms with E-state index in [2.05, 4.69) is 31.4 Å². The molecule has 0 spiro atoms. The summed E-state index contributed by atoms with van der Waals surface area (Å²) in [4.78, 5) is 35.5. The minimum Gasteiger partial charge on any atom is -0.480 e. The van der Waals surface area contributed by atoms with E-state index in [4.69, 9.17) is 0 Å². The number of amides is 2. The third kappa shape index (κ3) is 7.81. The van der Waals surface area contributed by atoms with E-state index in [1.54, 1.807) is 0 Å². The van der Waals surface area contributed by atoms with Crippen molar-refractivity contribution in [3.8, 4) is 0 Å². The quantitative estimate of drug-likeness (QED) is 0.650. The number of nitrogens with one attached hydrogen (secondary N) is 2. The molecule has 0 aliphatic carbocycles. The lowest BCUT2D eigenvalue weighted by Gasteiger charge is -2.23. The lowest BCUT2D eigenvalue weighted by atomic mass is 9.86. The van der Waals surface area contributed by atoms with Crippen molar-refractivity contribution < 1.29 is 19.5 Å². The van der Waals surface area contributed by atoms with Crippen molar-refractivity contribution in [1.29, 1.82) is 0 Å². The molecule has 0 saturated carbocycles. The van der Waals surface area contributed by atoms with Gasteiger partial charge in [0.2, 0.25) is 11.8 Å². The number of benzene rings is 1. The molecule has 0 heterocycles. The Kier molecular flexibility index (Phi) is 8.00. The molecule has 6 nitrogen and oxygen atoms in total. The van der Waals surface area contributed by atoms with Crippen LogP contribution in [-0.2, 0) is 26.2 Å². The van der Waals surface area contributed by atoms with Gasteiger partial charge in [-0.05, 0) is 28.9 Å². The summed E-state index contributed by atoms with van der Waals surface area (Å²) in [6, 6.07) is 5.95. The molecule has 1 aromatic rings. The molecule has 6 heteroatoms. The molecule has 27 heavy (non-hydrogen) atoms. The Morgan fingerprint density at radius 3 is 1.96 bits per heavy atom. The topological polar surface area (TPSA) is 95.5 Å². The Morgan fingerprint density at radius 1 is 1.00 bits per heavy atom. The molecule has 3 N–H and O–H groups in total. The van der Waals surface area contributed by atoms with Gasteiger partial charge in [0.1, 0.15) is 12.1 Å². The minimum absolute atomic E-state index is 0.0153. The highest BCUT2D eigenvalue weighted by molar-refractivity contribution is 5.90. The van der Waals surface area contributed by atoms with Crippen LogP contribution in [0.25, 0.3) is 0 Å². The van der Waals surface area contributed by atoms with E-state index in [0.717, 1.165) is 11.1 Å². The fourth-order valence-electron chi connectivity index (χ4n) is 2.80. The first-order valence-corrected chi connectivity index (χ1v) is 9.30. The summed E-state index contributed by atoms with van der Waals surface area (Å²) in [6.07, 6.45) is 0.623. The van der Waals surface area contributed by atoms with Crippen LogP contribution in [0.1, 0.15) is 59.1 Å². The summed E-state index contributed by atoms with van der Waals surface area (Å²) in [5.74, 6) is -1.71. The Bertz CT molecular complexity index is 660. The molecule has 150 valence electrons. The standard InChI is InChI=1S/C21H32N2O4/c1-13(2)11-17(22-14(3)24)19(25)23-18(20(26)27)12-15-7-9-16(10-8-15)21(4,5)6/h7-10,13,17-18H,11-12H2,1-6H3,(H,22,24)(H,23,25)(H,26,27)/t17-,18-/m0/s1. The zero-order chi connectivity index (χ0) is 20.8. The first kappa shape index (κ1) is 22.7. The highest BCUT2D eigenvalue weighted by Crippen LogP contribution is 2.22. The van der Waals surface area contributed by atoms with E-state index < -0.39 is 24.0 Å². The molecule has 0 fully saturated rings. The van der Waals surface area contributed by atoms with Crippen LogP contribution in [0.3, 0.4) is 0 Å². The molecule has 0 saturated heterocycles. The third-order valence-corrected chi connectivity index (χ3v) is 4.28. The Hall–Kier alpha value is -2.37. The molecule has 0 aromatic heterocycles. The van der Waals surface area contributed by atoms with Gasteiger partial charge in [-0.2, -0.15) is 0 Å². The molecular formula is C21H32N2O4. The Balaban J connectivity index is 2.87. The third-order valence-electron chi connectivity index (χ3n) is 4.28. The smallest absolute Gasteiger partial charge is 0.326 e. The van der Waals surface area contributed by atoms with Gasteiger partial charge < -0.3 is 15.7 Å². The molecule has 1 rings (SSSR count). The highest BCUT2D eigenvalue weighted by Gasteiger charge is 2.26. The van der Waals surface area contributed by atoms with Crippen LogP contribution in [-0.4, -0.2) is 35.0 Å². The molecule has 0 radical (unpaired) electrons. The van der Waals surface area contributed by atoms with Crippen LogP contribution in [0, 0.1) is 5.92 Å². The number of aliphatic carboxylic acids is 1. The lowest BCUT2D eigenvalue weighted by Crippen LogP contribution is -2.52. The molecule has 2 atom stereocenters. The monoisotopic (exact) mass is 376 g/mol. The van der Waals surface area contributed by atoms with E-state index in [0.29, 0.717) is 6.42 Å². The van der Waals surface area contributed by atoms with Crippen molar-refractivity contribution in [2.24, 2.45) is 5.92 Å². The van der Waals surface area contributed by atoms with Gasteiger partial charge in [0.15, 0.2) is 0 Å². The van der Waals surface area contributed by atoms with Gasteiger partial charge >= 0.3 is 5.97 Å². The summed E-state index contributed by atoms with van der Waals surface area (Å²) in [7, 11) is 0. The molecule has 0 aliphatic rings. The second-order valence-corrected chi connectivity index (χ2v) is 8.43. The number of carbonyl (C=O) groups excluding carboxylic acids is 2. The first-order chi connectivity index (χ1) is 12.4. The number of rotatable bonds is 8. The largest absolute Gasteiger partial charge is 0.480 e. The molecule has 0 aliphatic heterocycles. The van der Waals surface area contributed by atoms with E-state index in [1.807, 2.05) is 38.1 Å². The van der Waals surface area contributed by atoms with Crippen molar-refractivity contribution in [2.75, 3.05) is 0 Å². The fraction of sp³-hybridized carbons (Fsp3) is 0.571. The number of carboxylic acid groups (broad SMARTS) is 1. The van der Waals surface area contributed by atoms with Crippen LogP contribution in [0.2, 0.25) is 0 Å². The SMILES string of the molecule is CC(=O)N[C@@H](CC(C)C)C(=O)N[C@@H](Cc1ccc(C(C)(C)C)cc1)C(=O)O. The Labute approximate surface area is 161 Å². The summed E-state index contributed by atoms with van der Waals surface area (Å²) in [6.45, 7) is 11.5. The van der Waals surface area contributed by atoms with Gasteiger partial charge in [0.05, 0.1) is 0 Å². The summed E-state index contributed by atoms with van der Waals surface area (Å²) in [5.41, 5.74) is 2.00. The van der Waals surface area contributed by atoms with Crippen molar-refractivity contribution >= 4 is 17.8 Å². The van der Waals surface area contributed by atoms with Crippen molar-refractivity contribution in [3.05, 3.63) is 35.4 Å². The predicted molar refractivity (Wildman–Crippen MR) is 105 cm³/mol. The van der Waals surface area contributed by atoms with Crippen LogP contribution < -0.4 is 10.6 Å². The average molecular weight is 376 g/mol. The Morgan fingerprint density at radius 2 is 1.56 bits per heavy atom. The van der Waals surface area contributed by atoms with Crippen molar-refractivity contribution in [1.82, 2.24) is 10.6 Å². The van der Waals surface area contributed by atoms with Crippen LogP contribution in [0.15, 0.2) is 24.3 Å². The van der Waals surface area contributed by atoms with Gasteiger partial charge in [-0.1, -0.05) is 58.9 Å². The number of carboxylic acids is 1. The second kappa shape index (κ2) is 9.53. The lowest BCUT2D eigenvalue weighted by molar-refractivity contribution is -0.142. The van der Waals surface area contributed by atoms with E-state index in [1.165, 1.54) is 6.92 Å². The van der Waals surface area contributed by atoms with Gasteiger partial charge in [-0.25, -0.2) is 4.79 Å². The van der Waals surface area contributed by atoms with Crippen LogP contribution in [0.5, 0.6) is 0 Å². The van der Waals surface area contributed by atoms with E-state index >= 15 is 0 Å². The fourth-order valence-corrected chi connectivity index (χ4v) is 2.80. The summed E-state index contributed by atoms with van der Waals surface area (Å²) < 4.78 is 0. The van der Waals surface area contributed by atoms with Gasteiger partial charge in [-0.3, -0.25) is 9.59 Å². The molecule has 1 aromatic carbocycles. The van der Waals surface area contributed by atoms with Crippen molar-refractivity contribution in [2.45, 2.75) is 71.9 Å². The number of carbonyl (C=O) groups is 3. The molecule has 2 amide bonds. The minimum atomic E-state index is -1.10. The van der Waals surface area contributed by atoms with Gasteiger partial charge in [-0.15, -0.1) is 0 Å². The van der Waals surface area contributed by atoms with E-state index in [-0.39, 0.29) is 23.7 Å².